The second kappa shape index (κ2) is 4.92. The van der Waals surface area contributed by atoms with Crippen LogP contribution in [0, 0.1) is 0 Å². The molecular formula is C16H25BO3. The van der Waals surface area contributed by atoms with Crippen molar-refractivity contribution in [3.63, 3.8) is 0 Å². The van der Waals surface area contributed by atoms with E-state index in [2.05, 4.69) is 33.8 Å². The summed E-state index contributed by atoms with van der Waals surface area (Å²) < 4.78 is 18.0. The molecule has 20 heavy (non-hydrogen) atoms. The molecule has 2 aliphatic rings. The van der Waals surface area contributed by atoms with E-state index in [-0.39, 0.29) is 18.3 Å². The predicted molar refractivity (Wildman–Crippen MR) is 80.3 cm³/mol. The first kappa shape index (κ1) is 14.2. The van der Waals surface area contributed by atoms with Gasteiger partial charge in [0.1, 0.15) is 5.66 Å². The van der Waals surface area contributed by atoms with Crippen molar-refractivity contribution in [2.75, 3.05) is 0 Å². The summed E-state index contributed by atoms with van der Waals surface area (Å²) in [5.41, 5.74) is 1.56. The maximum absolute atomic E-state index is 6.12. The summed E-state index contributed by atoms with van der Waals surface area (Å²) >= 11 is 0. The highest BCUT2D eigenvalue weighted by atomic mass is 16.7. The van der Waals surface area contributed by atoms with E-state index in [0.29, 0.717) is 5.92 Å². The van der Waals surface area contributed by atoms with Gasteiger partial charge >= 0.3 is 7.12 Å². The van der Waals surface area contributed by atoms with Crippen LogP contribution in [0.25, 0.3) is 0 Å². The summed E-state index contributed by atoms with van der Waals surface area (Å²) in [4.78, 5) is 0. The van der Waals surface area contributed by atoms with E-state index in [1.54, 1.807) is 6.26 Å². The van der Waals surface area contributed by atoms with Gasteiger partial charge in [0, 0.05) is 0 Å². The summed E-state index contributed by atoms with van der Waals surface area (Å²) in [7, 11) is -0.369. The van der Waals surface area contributed by atoms with Crippen LogP contribution in [0.5, 0.6) is 0 Å². The van der Waals surface area contributed by atoms with Gasteiger partial charge in [0.05, 0.1) is 17.5 Å². The van der Waals surface area contributed by atoms with Gasteiger partial charge in [-0.2, -0.15) is 0 Å². The fourth-order valence-electron chi connectivity index (χ4n) is 3.22. The molecule has 0 unspecified atom stereocenters. The van der Waals surface area contributed by atoms with Gasteiger partial charge in [-0.25, -0.2) is 0 Å². The smallest absolute Gasteiger partial charge is 0.473 e. The maximum Gasteiger partial charge on any atom is 0.533 e. The van der Waals surface area contributed by atoms with Gasteiger partial charge in [-0.05, 0) is 58.1 Å². The van der Waals surface area contributed by atoms with Crippen molar-refractivity contribution in [2.24, 2.45) is 0 Å². The molecule has 0 atom stereocenters. The van der Waals surface area contributed by atoms with E-state index in [4.69, 9.17) is 13.7 Å². The fraction of sp³-hybridized carbons (Fsp3) is 0.750. The quantitative estimate of drug-likeness (QED) is 0.773. The Labute approximate surface area is 122 Å². The largest absolute Gasteiger partial charge is 0.533 e. The van der Waals surface area contributed by atoms with Crippen molar-refractivity contribution in [1.82, 2.24) is 0 Å². The highest BCUT2D eigenvalue weighted by Gasteiger charge is 2.53. The van der Waals surface area contributed by atoms with Crippen LogP contribution in [0.4, 0.5) is 0 Å². The van der Waals surface area contributed by atoms with Gasteiger partial charge in [-0.1, -0.05) is 19.3 Å². The molecule has 1 saturated heterocycles. The summed E-state index contributed by atoms with van der Waals surface area (Å²) in [5, 5.41) is 0. The summed E-state index contributed by atoms with van der Waals surface area (Å²) in [6.07, 6.45) is 8.29. The monoisotopic (exact) mass is 276 g/mol. The van der Waals surface area contributed by atoms with Crippen molar-refractivity contribution < 1.29 is 13.7 Å². The van der Waals surface area contributed by atoms with E-state index in [0.717, 1.165) is 5.66 Å². The first-order valence-corrected chi connectivity index (χ1v) is 7.84. The zero-order chi connectivity index (χ0) is 14.4. The lowest BCUT2D eigenvalue weighted by atomic mass is 9.76. The second-order valence-corrected chi connectivity index (χ2v) is 7.16. The first-order chi connectivity index (χ1) is 9.41. The van der Waals surface area contributed by atoms with Gasteiger partial charge in [0.25, 0.3) is 0 Å². The number of rotatable bonds is 2. The topological polar surface area (TPSA) is 31.6 Å². The molecule has 2 heterocycles. The third-order valence-electron chi connectivity index (χ3n) is 5.24. The SMILES string of the molecule is CC1(C)OB(c2occc2C2CCCCC2)OC1(C)C. The Morgan fingerprint density at radius 1 is 1.00 bits per heavy atom. The third-order valence-corrected chi connectivity index (χ3v) is 5.24. The van der Waals surface area contributed by atoms with Crippen molar-refractivity contribution in [1.29, 1.82) is 0 Å². The first-order valence-electron chi connectivity index (χ1n) is 7.84. The lowest BCUT2D eigenvalue weighted by Gasteiger charge is -2.32. The van der Waals surface area contributed by atoms with E-state index >= 15 is 0 Å². The molecule has 2 fully saturated rings. The molecule has 1 aliphatic carbocycles. The van der Waals surface area contributed by atoms with E-state index in [9.17, 15) is 0 Å². The molecule has 1 saturated carbocycles. The number of furan rings is 1. The number of hydrogen-bond donors (Lipinski definition) is 0. The summed E-state index contributed by atoms with van der Waals surface area (Å²) in [6, 6.07) is 2.11. The lowest BCUT2D eigenvalue weighted by Crippen LogP contribution is -2.41. The molecule has 1 aromatic rings. The van der Waals surface area contributed by atoms with E-state index in [1.165, 1.54) is 37.7 Å². The lowest BCUT2D eigenvalue weighted by molar-refractivity contribution is 0.00578. The van der Waals surface area contributed by atoms with E-state index < -0.39 is 0 Å². The normalized spacial score (nSPS) is 26.1. The van der Waals surface area contributed by atoms with E-state index in [1.807, 2.05) is 0 Å². The molecule has 0 spiro atoms. The molecule has 0 bridgehead atoms. The zero-order valence-corrected chi connectivity index (χ0v) is 13.1. The van der Waals surface area contributed by atoms with Crippen molar-refractivity contribution >= 4 is 12.8 Å². The molecule has 3 nitrogen and oxygen atoms in total. The standard InChI is InChI=1S/C16H25BO3/c1-15(2)16(3,4)20-17(19-15)14-13(10-11-18-14)12-8-6-5-7-9-12/h10-12H,5-9H2,1-4H3. The maximum atomic E-state index is 6.12. The molecule has 1 aliphatic heterocycles. The molecule has 1 aromatic heterocycles. The van der Waals surface area contributed by atoms with Gasteiger partial charge in [-0.15, -0.1) is 0 Å². The van der Waals surface area contributed by atoms with Crippen LogP contribution in [-0.4, -0.2) is 18.3 Å². The zero-order valence-electron chi connectivity index (χ0n) is 13.1. The van der Waals surface area contributed by atoms with Crippen LogP contribution in [0.3, 0.4) is 0 Å². The minimum atomic E-state index is -0.369. The van der Waals surface area contributed by atoms with Gasteiger partial charge in [-0.3, -0.25) is 0 Å². The minimum absolute atomic E-state index is 0.311. The van der Waals surface area contributed by atoms with Crippen LogP contribution in [0.2, 0.25) is 0 Å². The Bertz CT molecular complexity index is 456. The number of hydrogen-bond acceptors (Lipinski definition) is 3. The van der Waals surface area contributed by atoms with Gasteiger partial charge in [0.15, 0.2) is 0 Å². The molecular weight excluding hydrogens is 251 g/mol. The van der Waals surface area contributed by atoms with Crippen molar-refractivity contribution in [2.45, 2.75) is 76.9 Å². The average Bonchev–Trinajstić information content (AvgIpc) is 2.94. The molecule has 0 radical (unpaired) electrons. The molecule has 3 rings (SSSR count). The Kier molecular flexibility index (Phi) is 3.50. The fourth-order valence-corrected chi connectivity index (χ4v) is 3.22. The Hall–Kier alpha value is -0.735. The molecule has 4 heteroatoms. The second-order valence-electron chi connectivity index (χ2n) is 7.16. The average molecular weight is 276 g/mol. The highest BCUT2D eigenvalue weighted by molar-refractivity contribution is 6.61. The van der Waals surface area contributed by atoms with Crippen LogP contribution >= 0.6 is 0 Å². The Morgan fingerprint density at radius 3 is 2.20 bits per heavy atom. The van der Waals surface area contributed by atoms with Crippen LogP contribution < -0.4 is 5.66 Å². The van der Waals surface area contributed by atoms with Crippen molar-refractivity contribution in [3.8, 4) is 0 Å². The highest BCUT2D eigenvalue weighted by Crippen LogP contribution is 2.38. The molecule has 0 N–H and O–H groups in total. The van der Waals surface area contributed by atoms with Gasteiger partial charge in [0.2, 0.25) is 0 Å². The Morgan fingerprint density at radius 2 is 1.60 bits per heavy atom. The summed E-state index contributed by atoms with van der Waals surface area (Å²) in [6.45, 7) is 8.32. The molecule has 0 amide bonds. The molecule has 0 aromatic carbocycles. The Balaban J connectivity index is 1.84. The molecule has 110 valence electrons. The third kappa shape index (κ3) is 2.33. The summed E-state index contributed by atoms with van der Waals surface area (Å²) in [5.74, 6) is 0.608. The van der Waals surface area contributed by atoms with Gasteiger partial charge < -0.3 is 13.7 Å². The van der Waals surface area contributed by atoms with Crippen LogP contribution in [-0.2, 0) is 9.31 Å². The minimum Gasteiger partial charge on any atom is -0.473 e. The van der Waals surface area contributed by atoms with Crippen LogP contribution in [0.1, 0.15) is 71.3 Å². The van der Waals surface area contributed by atoms with Crippen LogP contribution in [0.15, 0.2) is 16.7 Å². The predicted octanol–water partition coefficient (Wildman–Crippen LogP) is 3.63. The van der Waals surface area contributed by atoms with Crippen molar-refractivity contribution in [3.05, 3.63) is 17.9 Å².